The van der Waals surface area contributed by atoms with Crippen LogP contribution in [0.4, 0.5) is 0 Å². The first-order valence-electron chi connectivity index (χ1n) is 4.41. The van der Waals surface area contributed by atoms with Gasteiger partial charge in [0.25, 0.3) is 0 Å². The predicted molar refractivity (Wildman–Crippen MR) is 53.4 cm³/mol. The van der Waals surface area contributed by atoms with Crippen LogP contribution in [0.5, 0.6) is 0 Å². The normalized spacial score (nSPS) is 19.6. The van der Waals surface area contributed by atoms with Gasteiger partial charge >= 0.3 is 10.0 Å². The van der Waals surface area contributed by atoms with E-state index in [2.05, 4.69) is 8.85 Å². The lowest BCUT2D eigenvalue weighted by Gasteiger charge is -2.02. The van der Waals surface area contributed by atoms with Gasteiger partial charge in [-0.1, -0.05) is 0 Å². The van der Waals surface area contributed by atoms with E-state index in [1.54, 1.807) is 14.2 Å². The minimum Gasteiger partial charge on any atom is -0.402 e. The molecule has 1 fully saturated rings. The van der Waals surface area contributed by atoms with Gasteiger partial charge in [-0.25, -0.2) is 0 Å². The highest BCUT2D eigenvalue weighted by atomic mass is 28.3. The summed E-state index contributed by atoms with van der Waals surface area (Å²) in [4.78, 5) is 0. The lowest BCUT2D eigenvalue weighted by molar-refractivity contribution is 0.0662. The Bertz CT molecular complexity index is 102. The third kappa shape index (κ3) is 12.1. The van der Waals surface area contributed by atoms with Crippen LogP contribution in [0, 0.1) is 0 Å². The van der Waals surface area contributed by atoms with Gasteiger partial charge in [-0.15, -0.1) is 0 Å². The van der Waals surface area contributed by atoms with E-state index in [-0.39, 0.29) is 0 Å². The highest BCUT2D eigenvalue weighted by Gasteiger charge is 2.22. The monoisotopic (exact) mass is 208 g/mol. The summed E-state index contributed by atoms with van der Waals surface area (Å²) in [5.74, 6) is 0. The highest BCUT2D eigenvalue weighted by Crippen LogP contribution is 2.09. The maximum Gasteiger partial charge on any atom is 0.303 e. The van der Waals surface area contributed by atoms with E-state index in [0.717, 1.165) is 13.2 Å². The van der Waals surface area contributed by atoms with E-state index in [1.807, 2.05) is 13.8 Å². The smallest absolute Gasteiger partial charge is 0.303 e. The van der Waals surface area contributed by atoms with Gasteiger partial charge in [-0.3, -0.25) is 0 Å². The molecule has 0 spiro atoms. The molecule has 1 atom stereocenters. The molecular weight excluding hydrogens is 188 g/mol. The molecule has 1 heterocycles. The zero-order chi connectivity index (χ0) is 10.1. The maximum atomic E-state index is 5.24. The van der Waals surface area contributed by atoms with Gasteiger partial charge in [0.2, 0.25) is 0 Å². The zero-order valence-electron chi connectivity index (χ0n) is 8.91. The predicted octanol–water partition coefficient (Wildman–Crippen LogP) is 0.0882. The Labute approximate surface area is 82.6 Å². The molecule has 0 N–H and O–H groups in total. The average molecular weight is 208 g/mol. The van der Waals surface area contributed by atoms with Crippen LogP contribution in [0.25, 0.3) is 0 Å². The van der Waals surface area contributed by atoms with Crippen molar-refractivity contribution in [3.05, 3.63) is 0 Å². The molecule has 5 heteroatoms. The quantitative estimate of drug-likeness (QED) is 0.474. The molecule has 0 aliphatic carbocycles. The van der Waals surface area contributed by atoms with Crippen molar-refractivity contribution in [2.75, 3.05) is 27.4 Å². The summed E-state index contributed by atoms with van der Waals surface area (Å²) < 4.78 is 19.4. The van der Waals surface area contributed by atoms with Gasteiger partial charge in [0.05, 0.1) is 19.3 Å². The molecule has 1 rings (SSSR count). The van der Waals surface area contributed by atoms with E-state index in [4.69, 9.17) is 9.47 Å². The van der Waals surface area contributed by atoms with E-state index in [9.17, 15) is 0 Å². The van der Waals surface area contributed by atoms with Crippen LogP contribution < -0.4 is 0 Å². The second-order valence-corrected chi connectivity index (χ2v) is 4.42. The fraction of sp³-hybridized carbons (Fsp3) is 1.00. The highest BCUT2D eigenvalue weighted by molar-refractivity contribution is 6.17. The number of rotatable bonds is 5. The molecular formula is C8H20O4Si. The van der Waals surface area contributed by atoms with Crippen LogP contribution >= 0.6 is 0 Å². The standard InChI is InChI=1S/C6H12O2.C2H8O2Si/c1-5(2)7-3-6-4-8-6;1-3-5-4-2/h5-6H,3-4H2,1-2H3;5H2,1-2H3. The molecule has 4 nitrogen and oxygen atoms in total. The summed E-state index contributed by atoms with van der Waals surface area (Å²) in [6.45, 7) is 5.73. The summed E-state index contributed by atoms with van der Waals surface area (Å²) >= 11 is 0. The molecule has 0 radical (unpaired) electrons. The molecule has 13 heavy (non-hydrogen) atoms. The van der Waals surface area contributed by atoms with Crippen molar-refractivity contribution in [2.24, 2.45) is 0 Å². The summed E-state index contributed by atoms with van der Waals surface area (Å²) in [6, 6.07) is 0. The molecule has 0 bridgehead atoms. The van der Waals surface area contributed by atoms with E-state index < -0.39 is 10.0 Å². The van der Waals surface area contributed by atoms with E-state index in [1.165, 1.54) is 0 Å². The Hall–Kier alpha value is 0.0569. The largest absolute Gasteiger partial charge is 0.402 e. The molecule has 1 aliphatic rings. The third-order valence-electron chi connectivity index (χ3n) is 1.25. The van der Waals surface area contributed by atoms with Crippen molar-refractivity contribution >= 4 is 10.0 Å². The lowest BCUT2D eigenvalue weighted by Crippen LogP contribution is -2.07. The van der Waals surface area contributed by atoms with Crippen molar-refractivity contribution in [1.82, 2.24) is 0 Å². The molecule has 80 valence electrons. The van der Waals surface area contributed by atoms with Crippen LogP contribution in [0.3, 0.4) is 0 Å². The second-order valence-electron chi connectivity index (χ2n) is 3.03. The van der Waals surface area contributed by atoms with Crippen molar-refractivity contribution in [3.8, 4) is 0 Å². The zero-order valence-corrected chi connectivity index (χ0v) is 10.3. The van der Waals surface area contributed by atoms with Crippen molar-refractivity contribution < 1.29 is 18.3 Å². The van der Waals surface area contributed by atoms with Crippen molar-refractivity contribution in [1.29, 1.82) is 0 Å². The topological polar surface area (TPSA) is 40.2 Å². The minimum absolute atomic E-state index is 0.346. The van der Waals surface area contributed by atoms with Crippen LogP contribution in [0.2, 0.25) is 0 Å². The Kier molecular flexibility index (Phi) is 8.68. The summed E-state index contributed by atoms with van der Waals surface area (Å²) in [7, 11) is 2.73. The first kappa shape index (κ1) is 13.1. The summed E-state index contributed by atoms with van der Waals surface area (Å²) in [6.07, 6.45) is 0.761. The molecule has 1 saturated heterocycles. The Morgan fingerprint density at radius 3 is 2.15 bits per heavy atom. The molecule has 1 aliphatic heterocycles. The molecule has 1 unspecified atom stereocenters. The van der Waals surface area contributed by atoms with Gasteiger partial charge < -0.3 is 18.3 Å². The Morgan fingerprint density at radius 2 is 1.92 bits per heavy atom. The number of ether oxygens (including phenoxy) is 2. The summed E-state index contributed by atoms with van der Waals surface area (Å²) in [5.41, 5.74) is 0. The van der Waals surface area contributed by atoms with Gasteiger partial charge in [-0.2, -0.15) is 0 Å². The van der Waals surface area contributed by atoms with Crippen LogP contribution in [0.15, 0.2) is 0 Å². The third-order valence-corrected chi connectivity index (χ3v) is 1.72. The molecule has 0 aromatic heterocycles. The first-order valence-corrected chi connectivity index (χ1v) is 5.57. The van der Waals surface area contributed by atoms with Crippen LogP contribution in [-0.4, -0.2) is 49.6 Å². The maximum absolute atomic E-state index is 5.24. The van der Waals surface area contributed by atoms with Gasteiger partial charge in [-0.05, 0) is 13.8 Å². The minimum atomic E-state index is -0.568. The SMILES string of the molecule is CC(C)OCC1CO1.CO[SiH2]OC. The number of epoxide rings is 1. The number of hydrogen-bond donors (Lipinski definition) is 0. The van der Waals surface area contributed by atoms with Crippen LogP contribution in [0.1, 0.15) is 13.8 Å². The average Bonchev–Trinajstić information content (AvgIpc) is 2.86. The van der Waals surface area contributed by atoms with Gasteiger partial charge in [0.1, 0.15) is 6.10 Å². The Morgan fingerprint density at radius 1 is 1.38 bits per heavy atom. The molecule has 0 amide bonds. The van der Waals surface area contributed by atoms with Gasteiger partial charge in [0, 0.05) is 14.2 Å². The van der Waals surface area contributed by atoms with Gasteiger partial charge in [0.15, 0.2) is 0 Å². The van der Waals surface area contributed by atoms with E-state index in [0.29, 0.717) is 12.2 Å². The van der Waals surface area contributed by atoms with Crippen LogP contribution in [-0.2, 0) is 18.3 Å². The van der Waals surface area contributed by atoms with Crippen molar-refractivity contribution in [2.45, 2.75) is 26.1 Å². The lowest BCUT2D eigenvalue weighted by atomic mass is 10.4. The fourth-order valence-corrected chi connectivity index (χ4v) is 0.818. The molecule has 0 aromatic carbocycles. The second kappa shape index (κ2) is 8.65. The molecule has 0 saturated carbocycles. The summed E-state index contributed by atoms with van der Waals surface area (Å²) in [5, 5.41) is 0. The first-order chi connectivity index (χ1) is 6.20. The fourth-order valence-electron chi connectivity index (χ4n) is 0.582. The Balaban J connectivity index is 0.000000252. The molecule has 0 aromatic rings. The van der Waals surface area contributed by atoms with Crippen molar-refractivity contribution in [3.63, 3.8) is 0 Å². The van der Waals surface area contributed by atoms with E-state index >= 15 is 0 Å². The number of hydrogen-bond acceptors (Lipinski definition) is 4.